The van der Waals surface area contributed by atoms with Crippen LogP contribution in [-0.2, 0) is 4.74 Å². The Morgan fingerprint density at radius 1 is 1.00 bits per heavy atom. The van der Waals surface area contributed by atoms with E-state index in [1.807, 2.05) is 13.8 Å². The van der Waals surface area contributed by atoms with Gasteiger partial charge in [0, 0.05) is 49.7 Å². The number of hydrogen-bond acceptors (Lipinski definition) is 7. The Morgan fingerprint density at radius 3 is 2.32 bits per heavy atom. The van der Waals surface area contributed by atoms with Crippen LogP contribution in [0.3, 0.4) is 0 Å². The van der Waals surface area contributed by atoms with Crippen LogP contribution in [0.2, 0.25) is 0 Å². The lowest BCUT2D eigenvalue weighted by Crippen LogP contribution is -2.48. The highest BCUT2D eigenvalue weighted by Gasteiger charge is 2.31. The number of rotatable bonds is 8. The average Bonchev–Trinajstić information content (AvgIpc) is 3.10. The van der Waals surface area contributed by atoms with Crippen molar-refractivity contribution in [3.63, 3.8) is 0 Å². The molecule has 0 fully saturated rings. The summed E-state index contributed by atoms with van der Waals surface area (Å²) >= 11 is 0. The van der Waals surface area contributed by atoms with Crippen LogP contribution >= 0.6 is 0 Å². The van der Waals surface area contributed by atoms with Crippen molar-refractivity contribution in [3.8, 4) is 11.5 Å². The smallest absolute Gasteiger partial charge is 0.323 e. The highest BCUT2D eigenvalue weighted by atomic mass is 19.1. The molecule has 13 heteroatoms. The minimum Gasteiger partial charge on any atom is -0.497 e. The molecule has 1 heterocycles. The van der Waals surface area contributed by atoms with Crippen molar-refractivity contribution in [2.75, 3.05) is 56.4 Å². The number of fused-ring (bicyclic) bond motifs is 1. The number of anilines is 3. The van der Waals surface area contributed by atoms with Crippen molar-refractivity contribution < 1.29 is 38.1 Å². The lowest BCUT2D eigenvalue weighted by atomic mass is 10.0. The Hall–Kier alpha value is -4.88. The number of amides is 5. The van der Waals surface area contributed by atoms with Gasteiger partial charge in [-0.05, 0) is 99.8 Å². The summed E-state index contributed by atoms with van der Waals surface area (Å²) < 4.78 is 31.1. The molecular formula is C37H48FN5O7. The van der Waals surface area contributed by atoms with E-state index in [1.165, 1.54) is 29.2 Å². The van der Waals surface area contributed by atoms with Gasteiger partial charge in [-0.2, -0.15) is 0 Å². The number of urea groups is 2. The average molecular weight is 694 g/mol. The third-order valence-electron chi connectivity index (χ3n) is 8.55. The molecule has 270 valence electrons. The van der Waals surface area contributed by atoms with E-state index >= 15 is 0 Å². The first-order valence-corrected chi connectivity index (χ1v) is 16.8. The second-order valence-electron chi connectivity index (χ2n) is 12.6. The first kappa shape index (κ1) is 37.9. The highest BCUT2D eigenvalue weighted by molar-refractivity contribution is 6.02. The van der Waals surface area contributed by atoms with Gasteiger partial charge in [-0.1, -0.05) is 6.92 Å². The second kappa shape index (κ2) is 18.2. The Morgan fingerprint density at radius 2 is 1.64 bits per heavy atom. The number of methoxy groups -OCH3 is 1. The summed E-state index contributed by atoms with van der Waals surface area (Å²) in [5.41, 5.74) is 1.62. The maximum absolute atomic E-state index is 14.4. The lowest BCUT2D eigenvalue weighted by molar-refractivity contribution is -0.0115. The first-order chi connectivity index (χ1) is 24.0. The molecule has 0 saturated carbocycles. The minimum absolute atomic E-state index is 0.198. The number of benzene rings is 3. The van der Waals surface area contributed by atoms with Crippen LogP contribution in [0.1, 0.15) is 50.4 Å². The standard InChI is InChI=1S/C37H48FN5O7/c1-24-21-43(25(2)23-44)35(45)32-20-30(40-36(46)39-28-13-16-31(48-5)17-14-28)15-18-33(32)50-26(3)8-6-7-19-49-34(24)22-42(4)37(47)41-29-11-9-27(38)10-12-29/h9-18,20,24-26,34,44H,6-8,19,21-23H2,1-5H3,(H,41,47)(H2,39,40,46)/t24-,25+,26-,34-/m0/s1. The topological polar surface area (TPSA) is 142 Å². The molecule has 3 aromatic rings. The fourth-order valence-electron chi connectivity index (χ4n) is 5.54. The number of carbonyl (C=O) groups is 3. The van der Waals surface area contributed by atoms with Crippen LogP contribution in [0.4, 0.5) is 31.0 Å². The van der Waals surface area contributed by atoms with Crippen molar-refractivity contribution in [2.45, 2.75) is 58.3 Å². The lowest BCUT2D eigenvalue weighted by Gasteiger charge is -2.35. The predicted molar refractivity (Wildman–Crippen MR) is 191 cm³/mol. The molecule has 1 aliphatic rings. The highest BCUT2D eigenvalue weighted by Crippen LogP contribution is 2.29. The summed E-state index contributed by atoms with van der Waals surface area (Å²) in [4.78, 5) is 43.4. The van der Waals surface area contributed by atoms with E-state index in [9.17, 15) is 23.9 Å². The molecule has 50 heavy (non-hydrogen) atoms. The van der Waals surface area contributed by atoms with E-state index in [0.717, 1.165) is 12.8 Å². The molecule has 1 aliphatic heterocycles. The zero-order chi connectivity index (χ0) is 36.2. The second-order valence-corrected chi connectivity index (χ2v) is 12.6. The number of hydrogen-bond donors (Lipinski definition) is 4. The van der Waals surface area contributed by atoms with Crippen LogP contribution in [0.25, 0.3) is 0 Å². The van der Waals surface area contributed by atoms with E-state index in [0.29, 0.717) is 41.6 Å². The summed E-state index contributed by atoms with van der Waals surface area (Å²) in [6.07, 6.45) is 1.60. The molecular weight excluding hydrogens is 645 g/mol. The fourth-order valence-corrected chi connectivity index (χ4v) is 5.54. The predicted octanol–water partition coefficient (Wildman–Crippen LogP) is 6.44. The number of aliphatic hydroxyl groups is 1. The van der Waals surface area contributed by atoms with E-state index < -0.39 is 29.9 Å². The molecule has 0 unspecified atom stereocenters. The molecule has 5 amide bonds. The van der Waals surface area contributed by atoms with Crippen LogP contribution in [-0.4, -0.2) is 91.6 Å². The quantitative estimate of drug-likeness (QED) is 0.213. The van der Waals surface area contributed by atoms with E-state index in [2.05, 4.69) is 16.0 Å². The number of nitrogens with one attached hydrogen (secondary N) is 3. The monoisotopic (exact) mass is 693 g/mol. The van der Waals surface area contributed by atoms with Gasteiger partial charge in [0.1, 0.15) is 17.3 Å². The molecule has 0 spiro atoms. The maximum Gasteiger partial charge on any atom is 0.323 e. The summed E-state index contributed by atoms with van der Waals surface area (Å²) in [7, 11) is 3.21. The number of aliphatic hydroxyl groups excluding tert-OH is 1. The van der Waals surface area contributed by atoms with Crippen molar-refractivity contribution in [1.29, 1.82) is 0 Å². The zero-order valence-corrected chi connectivity index (χ0v) is 29.3. The van der Waals surface area contributed by atoms with Crippen LogP contribution < -0.4 is 25.4 Å². The largest absolute Gasteiger partial charge is 0.497 e. The van der Waals surface area contributed by atoms with Crippen molar-refractivity contribution in [2.24, 2.45) is 5.92 Å². The number of carbonyl (C=O) groups excluding carboxylic acids is 3. The third kappa shape index (κ3) is 10.8. The van der Waals surface area contributed by atoms with Gasteiger partial charge in [0.25, 0.3) is 5.91 Å². The van der Waals surface area contributed by atoms with E-state index in [4.69, 9.17) is 14.2 Å². The minimum atomic E-state index is -0.571. The van der Waals surface area contributed by atoms with Gasteiger partial charge in [-0.15, -0.1) is 0 Å². The van der Waals surface area contributed by atoms with Crippen LogP contribution in [0, 0.1) is 11.7 Å². The third-order valence-corrected chi connectivity index (χ3v) is 8.55. The Kier molecular flexibility index (Phi) is 13.8. The van der Waals surface area contributed by atoms with Gasteiger partial charge < -0.3 is 45.1 Å². The van der Waals surface area contributed by atoms with Crippen molar-refractivity contribution in [3.05, 3.63) is 78.1 Å². The molecule has 0 saturated heterocycles. The molecule has 0 aliphatic carbocycles. The molecule has 12 nitrogen and oxygen atoms in total. The molecule has 4 N–H and O–H groups in total. The van der Waals surface area contributed by atoms with Gasteiger partial charge in [0.05, 0.1) is 37.5 Å². The normalized spacial score (nSPS) is 19.2. The number of halogens is 1. The van der Waals surface area contributed by atoms with Gasteiger partial charge in [0.2, 0.25) is 0 Å². The Balaban J connectivity index is 1.56. The Bertz CT molecular complexity index is 1570. The van der Waals surface area contributed by atoms with Crippen molar-refractivity contribution in [1.82, 2.24) is 9.80 Å². The molecule has 0 aromatic heterocycles. The van der Waals surface area contributed by atoms with Crippen molar-refractivity contribution >= 4 is 35.0 Å². The van der Waals surface area contributed by atoms with Gasteiger partial charge in [0.15, 0.2) is 0 Å². The molecule has 3 aromatic carbocycles. The molecule has 0 radical (unpaired) electrons. The molecule has 4 atom stereocenters. The SMILES string of the molecule is COc1ccc(NC(=O)Nc2ccc3c(c2)C(=O)N([C@H](C)CO)C[C@H](C)[C@H](CN(C)C(=O)Nc2ccc(F)cc2)OCCCC[C@H](C)O3)cc1. The van der Waals surface area contributed by atoms with E-state index in [-0.39, 0.29) is 43.3 Å². The summed E-state index contributed by atoms with van der Waals surface area (Å²) in [5, 5.41) is 18.6. The van der Waals surface area contributed by atoms with Crippen LogP contribution in [0.15, 0.2) is 66.7 Å². The molecule has 0 bridgehead atoms. The summed E-state index contributed by atoms with van der Waals surface area (Å²) in [6.45, 7) is 6.19. The van der Waals surface area contributed by atoms with Crippen LogP contribution in [0.5, 0.6) is 11.5 Å². The number of nitrogens with zero attached hydrogens (tertiary/aromatic N) is 2. The van der Waals surface area contributed by atoms with E-state index in [1.54, 1.807) is 68.4 Å². The van der Waals surface area contributed by atoms with Gasteiger partial charge >= 0.3 is 12.1 Å². The zero-order valence-electron chi connectivity index (χ0n) is 29.3. The Labute approximate surface area is 292 Å². The number of likely N-dealkylation sites (N-methyl/N-ethyl adjacent to an activating group) is 1. The maximum atomic E-state index is 14.4. The summed E-state index contributed by atoms with van der Waals surface area (Å²) in [6, 6.07) is 15.9. The fraction of sp³-hybridized carbons (Fsp3) is 0.432. The van der Waals surface area contributed by atoms with Gasteiger partial charge in [-0.25, -0.2) is 14.0 Å². The molecule has 4 rings (SSSR count). The number of ether oxygens (including phenoxy) is 3. The summed E-state index contributed by atoms with van der Waals surface area (Å²) in [5.74, 6) is -0.0349. The van der Waals surface area contributed by atoms with Gasteiger partial charge in [-0.3, -0.25) is 4.79 Å². The first-order valence-electron chi connectivity index (χ1n) is 16.8.